The number of carbonyl (C=O) groups is 1. The first kappa shape index (κ1) is 20.5. The van der Waals surface area contributed by atoms with E-state index in [0.29, 0.717) is 47.3 Å². The number of rotatable bonds is 7. The Kier molecular flexibility index (Phi) is 5.62. The number of hydrogen-bond acceptors (Lipinski definition) is 6. The highest BCUT2D eigenvalue weighted by molar-refractivity contribution is 5.88. The number of aromatic amines is 1. The van der Waals surface area contributed by atoms with Gasteiger partial charge in [0.15, 0.2) is 0 Å². The van der Waals surface area contributed by atoms with Crippen LogP contribution in [0.25, 0.3) is 10.9 Å². The molecule has 1 aromatic carbocycles. The third-order valence-corrected chi connectivity index (χ3v) is 5.13. The quantitative estimate of drug-likeness (QED) is 0.379. The number of benzene rings is 1. The van der Waals surface area contributed by atoms with Crippen LogP contribution in [0.1, 0.15) is 33.0 Å². The van der Waals surface area contributed by atoms with E-state index in [2.05, 4.69) is 30.6 Å². The van der Waals surface area contributed by atoms with E-state index in [1.54, 1.807) is 30.5 Å². The molecule has 0 amide bonds. The molecule has 8 heteroatoms. The molecular weight excluding hydrogens is 395 g/mol. The molecule has 7 nitrogen and oxygen atoms in total. The summed E-state index contributed by atoms with van der Waals surface area (Å²) in [5.74, 6) is 2.13. The molecule has 0 spiro atoms. The molecule has 0 unspecified atom stereocenters. The predicted octanol–water partition coefficient (Wildman–Crippen LogP) is 4.63. The van der Waals surface area contributed by atoms with Crippen LogP contribution in [-0.4, -0.2) is 32.8 Å². The zero-order valence-electron chi connectivity index (χ0n) is 17.6. The molecular formula is C23H23FN6O. The largest absolute Gasteiger partial charge is 0.370 e. The number of anilines is 3. The molecule has 4 aromatic rings. The van der Waals surface area contributed by atoms with Crippen LogP contribution in [0.5, 0.6) is 0 Å². The van der Waals surface area contributed by atoms with Gasteiger partial charge in [0.05, 0.1) is 5.52 Å². The topological polar surface area (TPSA) is 95.6 Å². The second-order valence-electron chi connectivity index (χ2n) is 7.42. The summed E-state index contributed by atoms with van der Waals surface area (Å²) in [5, 5.41) is 7.37. The Morgan fingerprint density at radius 2 is 1.87 bits per heavy atom. The maximum atomic E-state index is 14.2. The summed E-state index contributed by atoms with van der Waals surface area (Å²) in [6.07, 6.45) is 3.05. The van der Waals surface area contributed by atoms with Crippen molar-refractivity contribution in [2.24, 2.45) is 0 Å². The smallest absolute Gasteiger partial charge is 0.150 e. The van der Waals surface area contributed by atoms with Gasteiger partial charge in [0.25, 0.3) is 0 Å². The number of aromatic nitrogens is 4. The van der Waals surface area contributed by atoms with Crippen LogP contribution in [0, 0.1) is 26.6 Å². The zero-order chi connectivity index (χ0) is 22.0. The van der Waals surface area contributed by atoms with E-state index in [-0.39, 0.29) is 5.82 Å². The number of pyridine rings is 1. The summed E-state index contributed by atoms with van der Waals surface area (Å²) in [6, 6.07) is 8.37. The number of fused-ring (bicyclic) bond motifs is 1. The molecule has 0 saturated carbocycles. The molecule has 3 N–H and O–H groups in total. The molecule has 0 fully saturated rings. The van der Waals surface area contributed by atoms with Gasteiger partial charge in [-0.05, 0) is 56.5 Å². The molecule has 3 heterocycles. The Balaban J connectivity index is 1.49. The van der Waals surface area contributed by atoms with Gasteiger partial charge < -0.3 is 15.6 Å². The van der Waals surface area contributed by atoms with Crippen molar-refractivity contribution in [3.8, 4) is 0 Å². The van der Waals surface area contributed by atoms with Crippen LogP contribution in [0.3, 0.4) is 0 Å². The van der Waals surface area contributed by atoms with E-state index in [1.165, 1.54) is 6.07 Å². The fraction of sp³-hybridized carbons (Fsp3) is 0.217. The van der Waals surface area contributed by atoms with Crippen molar-refractivity contribution in [2.75, 3.05) is 17.2 Å². The molecule has 0 bridgehead atoms. The minimum absolute atomic E-state index is 0.239. The number of aryl methyl sites for hydroxylation is 3. The molecule has 0 atom stereocenters. The van der Waals surface area contributed by atoms with Gasteiger partial charge in [0.2, 0.25) is 0 Å². The first-order chi connectivity index (χ1) is 14.9. The fourth-order valence-electron chi connectivity index (χ4n) is 3.71. The second-order valence-corrected chi connectivity index (χ2v) is 7.42. The van der Waals surface area contributed by atoms with E-state index in [4.69, 9.17) is 0 Å². The van der Waals surface area contributed by atoms with Crippen molar-refractivity contribution in [1.82, 2.24) is 19.9 Å². The van der Waals surface area contributed by atoms with Gasteiger partial charge in [-0.15, -0.1) is 0 Å². The van der Waals surface area contributed by atoms with Crippen molar-refractivity contribution in [3.63, 3.8) is 0 Å². The minimum Gasteiger partial charge on any atom is -0.370 e. The lowest BCUT2D eigenvalue weighted by Crippen LogP contribution is -2.09. The van der Waals surface area contributed by atoms with Gasteiger partial charge in [0, 0.05) is 35.5 Å². The number of nitrogens with zero attached hydrogens (tertiary/aromatic N) is 3. The number of aldehydes is 1. The van der Waals surface area contributed by atoms with Gasteiger partial charge >= 0.3 is 0 Å². The lowest BCUT2D eigenvalue weighted by molar-refractivity contribution is 0.112. The maximum Gasteiger partial charge on any atom is 0.150 e. The summed E-state index contributed by atoms with van der Waals surface area (Å²) in [6.45, 7) is 6.39. The highest BCUT2D eigenvalue weighted by Crippen LogP contribution is 2.28. The first-order valence-electron chi connectivity index (χ1n) is 9.98. The number of H-pyrrole nitrogens is 1. The van der Waals surface area contributed by atoms with Crippen molar-refractivity contribution in [1.29, 1.82) is 0 Å². The van der Waals surface area contributed by atoms with Crippen LogP contribution in [-0.2, 0) is 6.42 Å². The molecule has 0 aliphatic rings. The Labute approximate surface area is 179 Å². The van der Waals surface area contributed by atoms with Gasteiger partial charge in [0.1, 0.15) is 35.4 Å². The van der Waals surface area contributed by atoms with Crippen LogP contribution < -0.4 is 10.6 Å². The number of carbonyl (C=O) groups excluding carboxylic acids is 1. The normalized spacial score (nSPS) is 11.0. The summed E-state index contributed by atoms with van der Waals surface area (Å²) < 4.78 is 14.2. The third kappa shape index (κ3) is 4.37. The number of halogens is 1. The van der Waals surface area contributed by atoms with Gasteiger partial charge in [-0.2, -0.15) is 0 Å². The average molecular weight is 418 g/mol. The molecule has 158 valence electrons. The van der Waals surface area contributed by atoms with Gasteiger partial charge in [-0.3, -0.25) is 4.79 Å². The summed E-state index contributed by atoms with van der Waals surface area (Å²) in [5.41, 5.74) is 4.19. The molecule has 0 saturated heterocycles. The SMILES string of the molecule is Cc1nc(NCCc2c(C)[nH]c3c(F)ccc(C)c23)cc(Nc2cc(C=O)ccn2)n1. The number of nitrogens with one attached hydrogen (secondary N) is 3. The van der Waals surface area contributed by atoms with Gasteiger partial charge in [-0.25, -0.2) is 19.3 Å². The molecule has 31 heavy (non-hydrogen) atoms. The van der Waals surface area contributed by atoms with Crippen molar-refractivity contribution in [3.05, 3.63) is 70.6 Å². The molecule has 0 aliphatic heterocycles. The summed E-state index contributed by atoms with van der Waals surface area (Å²) >= 11 is 0. The van der Waals surface area contributed by atoms with E-state index >= 15 is 0 Å². The Morgan fingerprint density at radius 1 is 1.06 bits per heavy atom. The monoisotopic (exact) mass is 418 g/mol. The standard InChI is InChI=1S/C23H23FN6O/c1-13-4-5-18(24)23-22(13)17(14(2)27-23)7-9-26-20-11-21(29-15(3)28-20)30-19-10-16(12-31)6-8-25-19/h4-6,8,10-12,27H,7,9H2,1-3H3,(H2,25,26,28,29,30). The second kappa shape index (κ2) is 8.51. The molecule has 0 aliphatic carbocycles. The lowest BCUT2D eigenvalue weighted by atomic mass is 10.0. The zero-order valence-corrected chi connectivity index (χ0v) is 17.6. The highest BCUT2D eigenvalue weighted by atomic mass is 19.1. The third-order valence-electron chi connectivity index (χ3n) is 5.13. The Morgan fingerprint density at radius 3 is 2.68 bits per heavy atom. The maximum absolute atomic E-state index is 14.2. The number of hydrogen-bond donors (Lipinski definition) is 3. The van der Waals surface area contributed by atoms with E-state index in [0.717, 1.165) is 28.5 Å². The summed E-state index contributed by atoms with van der Waals surface area (Å²) in [7, 11) is 0. The Hall–Kier alpha value is -3.81. The van der Waals surface area contributed by atoms with Crippen LogP contribution in [0.4, 0.5) is 21.8 Å². The Bertz CT molecular complexity index is 1270. The minimum atomic E-state index is -0.239. The van der Waals surface area contributed by atoms with Crippen molar-refractivity contribution in [2.45, 2.75) is 27.2 Å². The van der Waals surface area contributed by atoms with Crippen molar-refractivity contribution < 1.29 is 9.18 Å². The van der Waals surface area contributed by atoms with E-state index in [1.807, 2.05) is 20.8 Å². The van der Waals surface area contributed by atoms with E-state index < -0.39 is 0 Å². The summed E-state index contributed by atoms with van der Waals surface area (Å²) in [4.78, 5) is 27.2. The lowest BCUT2D eigenvalue weighted by Gasteiger charge is -2.10. The molecule has 3 aromatic heterocycles. The fourth-order valence-corrected chi connectivity index (χ4v) is 3.71. The van der Waals surface area contributed by atoms with Crippen LogP contribution in [0.2, 0.25) is 0 Å². The highest BCUT2D eigenvalue weighted by Gasteiger charge is 2.14. The average Bonchev–Trinajstić information content (AvgIpc) is 3.08. The van der Waals surface area contributed by atoms with Crippen LogP contribution in [0.15, 0.2) is 36.5 Å². The molecule has 4 rings (SSSR count). The van der Waals surface area contributed by atoms with Gasteiger partial charge in [-0.1, -0.05) is 6.07 Å². The molecule has 0 radical (unpaired) electrons. The first-order valence-corrected chi connectivity index (χ1v) is 9.98. The van der Waals surface area contributed by atoms with Crippen LogP contribution >= 0.6 is 0 Å². The van der Waals surface area contributed by atoms with Crippen molar-refractivity contribution >= 4 is 34.6 Å². The predicted molar refractivity (Wildman–Crippen MR) is 120 cm³/mol. The van der Waals surface area contributed by atoms with E-state index in [9.17, 15) is 9.18 Å².